The Morgan fingerprint density at radius 2 is 2.11 bits per heavy atom. The van der Waals surface area contributed by atoms with Crippen molar-refractivity contribution in [2.75, 3.05) is 11.1 Å². The van der Waals surface area contributed by atoms with E-state index >= 15 is 0 Å². The van der Waals surface area contributed by atoms with E-state index in [2.05, 4.69) is 10.3 Å². The number of amides is 1. The minimum atomic E-state index is -0.546. The summed E-state index contributed by atoms with van der Waals surface area (Å²) in [4.78, 5) is 15.3. The smallest absolute Gasteiger partial charge is 0.224 e. The highest BCUT2D eigenvalue weighted by Crippen LogP contribution is 2.14. The van der Waals surface area contributed by atoms with Gasteiger partial charge in [-0.2, -0.15) is 0 Å². The first kappa shape index (κ1) is 13.0. The topological polar surface area (TPSA) is 68.0 Å². The van der Waals surface area contributed by atoms with Gasteiger partial charge in [-0.25, -0.2) is 4.39 Å². The van der Waals surface area contributed by atoms with Gasteiger partial charge in [0.25, 0.3) is 0 Å². The summed E-state index contributed by atoms with van der Waals surface area (Å²) in [7, 11) is 0. The maximum Gasteiger partial charge on any atom is 0.224 e. The number of nitrogens with zero attached hydrogens (tertiary/aromatic N) is 1. The predicted molar refractivity (Wildman–Crippen MR) is 72.0 cm³/mol. The maximum atomic E-state index is 13.3. The lowest BCUT2D eigenvalue weighted by molar-refractivity contribution is -0.116. The lowest BCUT2D eigenvalue weighted by atomic mass is 10.1. The molecule has 0 atom stereocenters. The van der Waals surface area contributed by atoms with Crippen LogP contribution in [0.3, 0.4) is 0 Å². The number of benzene rings is 1. The molecule has 0 fully saturated rings. The number of nitrogens with two attached hydrogens (primary N) is 1. The first-order valence-electron chi connectivity index (χ1n) is 5.89. The van der Waals surface area contributed by atoms with Crippen molar-refractivity contribution in [3.8, 4) is 0 Å². The molecule has 19 heavy (non-hydrogen) atoms. The Morgan fingerprint density at radius 1 is 1.32 bits per heavy atom. The Kier molecular flexibility index (Phi) is 4.07. The number of aryl methyl sites for hydroxylation is 1. The molecule has 1 aromatic heterocycles. The van der Waals surface area contributed by atoms with Gasteiger partial charge >= 0.3 is 0 Å². The minimum absolute atomic E-state index is 0.140. The number of carbonyl (C=O) groups is 1. The number of carbonyl (C=O) groups excluding carboxylic acids is 1. The Bertz CT molecular complexity index is 586. The molecular formula is C14H14FN3O. The van der Waals surface area contributed by atoms with Crippen LogP contribution in [0.15, 0.2) is 42.7 Å². The van der Waals surface area contributed by atoms with Gasteiger partial charge in [0.1, 0.15) is 0 Å². The van der Waals surface area contributed by atoms with Crippen LogP contribution in [-0.4, -0.2) is 10.9 Å². The van der Waals surface area contributed by atoms with Crippen LogP contribution in [0.1, 0.15) is 12.0 Å². The van der Waals surface area contributed by atoms with Gasteiger partial charge in [-0.05, 0) is 24.1 Å². The van der Waals surface area contributed by atoms with Crippen molar-refractivity contribution >= 4 is 17.3 Å². The second-order valence-corrected chi connectivity index (χ2v) is 4.10. The van der Waals surface area contributed by atoms with E-state index in [0.717, 1.165) is 11.8 Å². The number of para-hydroxylation sites is 1. The molecule has 1 heterocycles. The third kappa shape index (κ3) is 3.51. The van der Waals surface area contributed by atoms with E-state index in [-0.39, 0.29) is 18.0 Å². The summed E-state index contributed by atoms with van der Waals surface area (Å²) in [6, 6.07) is 8.78. The molecule has 1 aromatic carbocycles. The highest BCUT2D eigenvalue weighted by molar-refractivity contribution is 5.90. The highest BCUT2D eigenvalue weighted by atomic mass is 19.1. The maximum absolute atomic E-state index is 13.3. The van der Waals surface area contributed by atoms with Crippen molar-refractivity contribution < 1.29 is 9.18 Å². The van der Waals surface area contributed by atoms with Crippen LogP contribution >= 0.6 is 0 Å². The van der Waals surface area contributed by atoms with Gasteiger partial charge in [-0.1, -0.05) is 18.2 Å². The molecule has 5 heteroatoms. The Balaban J connectivity index is 1.92. The van der Waals surface area contributed by atoms with E-state index in [1.807, 2.05) is 18.2 Å². The van der Waals surface area contributed by atoms with Crippen LogP contribution in [0.4, 0.5) is 15.8 Å². The zero-order valence-electron chi connectivity index (χ0n) is 10.3. The van der Waals surface area contributed by atoms with Crippen molar-refractivity contribution in [1.82, 2.24) is 4.98 Å². The molecule has 2 rings (SSSR count). The third-order valence-corrected chi connectivity index (χ3v) is 2.72. The summed E-state index contributed by atoms with van der Waals surface area (Å²) in [6.45, 7) is 0. The summed E-state index contributed by atoms with van der Waals surface area (Å²) in [6.07, 6.45) is 3.25. The molecular weight excluding hydrogens is 245 g/mol. The number of hydrogen-bond donors (Lipinski definition) is 2. The number of nitrogen functional groups attached to an aromatic ring is 1. The van der Waals surface area contributed by atoms with E-state index in [1.165, 1.54) is 12.3 Å². The van der Waals surface area contributed by atoms with Crippen LogP contribution in [0.25, 0.3) is 0 Å². The summed E-state index contributed by atoms with van der Waals surface area (Å²) in [5, 5.41) is 2.51. The molecule has 0 radical (unpaired) electrons. The van der Waals surface area contributed by atoms with Gasteiger partial charge in [-0.3, -0.25) is 9.78 Å². The van der Waals surface area contributed by atoms with Crippen LogP contribution in [0, 0.1) is 5.82 Å². The van der Waals surface area contributed by atoms with E-state index in [1.54, 1.807) is 6.07 Å². The predicted octanol–water partition coefficient (Wildman–Crippen LogP) is 2.37. The quantitative estimate of drug-likeness (QED) is 0.828. The SMILES string of the molecule is Nc1ccccc1CCC(=O)Nc1ccncc1F. The monoisotopic (exact) mass is 259 g/mol. The molecule has 0 aliphatic heterocycles. The number of hydrogen-bond acceptors (Lipinski definition) is 3. The standard InChI is InChI=1S/C14H14FN3O/c15-11-9-17-8-7-13(11)18-14(19)6-5-10-3-1-2-4-12(10)16/h1-4,7-9H,5-6,16H2,(H,17,18,19). The Hall–Kier alpha value is -2.43. The molecule has 4 nitrogen and oxygen atoms in total. The van der Waals surface area contributed by atoms with E-state index in [4.69, 9.17) is 5.73 Å². The molecule has 0 bridgehead atoms. The molecule has 0 saturated heterocycles. The zero-order chi connectivity index (χ0) is 13.7. The van der Waals surface area contributed by atoms with Gasteiger partial charge in [0.05, 0.1) is 11.9 Å². The third-order valence-electron chi connectivity index (χ3n) is 2.72. The minimum Gasteiger partial charge on any atom is -0.399 e. The Morgan fingerprint density at radius 3 is 2.84 bits per heavy atom. The van der Waals surface area contributed by atoms with Gasteiger partial charge in [0.15, 0.2) is 5.82 Å². The fourth-order valence-electron chi connectivity index (χ4n) is 1.70. The molecule has 1 amide bonds. The lowest BCUT2D eigenvalue weighted by Crippen LogP contribution is -2.13. The average molecular weight is 259 g/mol. The number of rotatable bonds is 4. The van der Waals surface area contributed by atoms with Gasteiger partial charge in [0.2, 0.25) is 5.91 Å². The average Bonchev–Trinajstić information content (AvgIpc) is 2.40. The number of nitrogens with one attached hydrogen (secondary N) is 1. The second kappa shape index (κ2) is 5.95. The van der Waals surface area contributed by atoms with Crippen molar-refractivity contribution in [2.24, 2.45) is 0 Å². The van der Waals surface area contributed by atoms with Crippen molar-refractivity contribution in [3.05, 3.63) is 54.1 Å². The first-order chi connectivity index (χ1) is 9.16. The number of halogens is 1. The molecule has 0 spiro atoms. The molecule has 2 aromatic rings. The Labute approximate surface area is 110 Å². The highest BCUT2D eigenvalue weighted by Gasteiger charge is 2.07. The largest absolute Gasteiger partial charge is 0.399 e. The number of aromatic nitrogens is 1. The van der Waals surface area contributed by atoms with Crippen molar-refractivity contribution in [2.45, 2.75) is 12.8 Å². The molecule has 0 saturated carbocycles. The summed E-state index contributed by atoms with van der Waals surface area (Å²) in [5.74, 6) is -0.802. The first-order valence-corrected chi connectivity index (χ1v) is 5.89. The zero-order valence-corrected chi connectivity index (χ0v) is 10.3. The van der Waals surface area contributed by atoms with E-state index in [9.17, 15) is 9.18 Å². The van der Waals surface area contributed by atoms with Crippen LogP contribution in [0.2, 0.25) is 0 Å². The van der Waals surface area contributed by atoms with Crippen LogP contribution < -0.4 is 11.1 Å². The summed E-state index contributed by atoms with van der Waals surface area (Å²) >= 11 is 0. The normalized spacial score (nSPS) is 10.2. The van der Waals surface area contributed by atoms with Gasteiger partial charge in [-0.15, -0.1) is 0 Å². The van der Waals surface area contributed by atoms with Gasteiger partial charge < -0.3 is 11.1 Å². The van der Waals surface area contributed by atoms with Gasteiger partial charge in [0, 0.05) is 18.3 Å². The van der Waals surface area contributed by atoms with E-state index in [0.29, 0.717) is 12.1 Å². The van der Waals surface area contributed by atoms with Crippen LogP contribution in [-0.2, 0) is 11.2 Å². The molecule has 98 valence electrons. The second-order valence-electron chi connectivity index (χ2n) is 4.10. The van der Waals surface area contributed by atoms with E-state index < -0.39 is 5.82 Å². The fourth-order valence-corrected chi connectivity index (χ4v) is 1.70. The summed E-state index contributed by atoms with van der Waals surface area (Å²) < 4.78 is 13.3. The number of anilines is 2. The number of pyridine rings is 1. The van der Waals surface area contributed by atoms with Crippen molar-refractivity contribution in [3.63, 3.8) is 0 Å². The van der Waals surface area contributed by atoms with Crippen LogP contribution in [0.5, 0.6) is 0 Å². The molecule has 3 N–H and O–H groups in total. The summed E-state index contributed by atoms with van der Waals surface area (Å²) in [5.41, 5.74) is 7.49. The lowest BCUT2D eigenvalue weighted by Gasteiger charge is -2.07. The molecule has 0 aliphatic carbocycles. The molecule has 0 unspecified atom stereocenters. The molecule has 0 aliphatic rings. The van der Waals surface area contributed by atoms with Crippen molar-refractivity contribution in [1.29, 1.82) is 0 Å². The fraction of sp³-hybridized carbons (Fsp3) is 0.143.